The Labute approximate surface area is 162 Å². The summed E-state index contributed by atoms with van der Waals surface area (Å²) in [6, 6.07) is 10.8. The molecule has 1 heterocycles. The fourth-order valence-corrected chi connectivity index (χ4v) is 2.92. The van der Waals surface area contributed by atoms with Crippen LogP contribution in [0.4, 0.5) is 4.39 Å². The van der Waals surface area contributed by atoms with Crippen molar-refractivity contribution in [2.24, 2.45) is 0 Å². The lowest BCUT2D eigenvalue weighted by Crippen LogP contribution is -2.40. The third kappa shape index (κ3) is 4.54. The number of imide groups is 1. The maximum absolute atomic E-state index is 12.8. The van der Waals surface area contributed by atoms with Crippen LogP contribution in [0.25, 0.3) is 0 Å². The van der Waals surface area contributed by atoms with Gasteiger partial charge >= 0.3 is 0 Å². The van der Waals surface area contributed by atoms with Crippen molar-refractivity contribution in [2.45, 2.75) is 19.8 Å². The zero-order valence-electron chi connectivity index (χ0n) is 15.5. The minimum absolute atomic E-state index is 0.294. The summed E-state index contributed by atoms with van der Waals surface area (Å²) in [4.78, 5) is 37.7. The highest BCUT2D eigenvalue weighted by Crippen LogP contribution is 2.23. The van der Waals surface area contributed by atoms with Gasteiger partial charge in [-0.05, 0) is 56.2 Å². The molecule has 3 rings (SSSR count). The van der Waals surface area contributed by atoms with Crippen LogP contribution < -0.4 is 10.1 Å². The Hall–Kier alpha value is -3.22. The van der Waals surface area contributed by atoms with E-state index in [4.69, 9.17) is 4.74 Å². The number of halogens is 1. The lowest BCUT2D eigenvalue weighted by molar-refractivity contribution is -0.121. The first-order valence-electron chi connectivity index (χ1n) is 9.07. The number of carbonyl (C=O) groups is 3. The van der Waals surface area contributed by atoms with Gasteiger partial charge in [-0.3, -0.25) is 19.3 Å². The minimum atomic E-state index is -0.442. The molecule has 0 spiro atoms. The molecule has 0 saturated carbocycles. The van der Waals surface area contributed by atoms with E-state index in [1.807, 2.05) is 6.92 Å². The molecule has 0 saturated heterocycles. The molecule has 2 aromatic rings. The average molecular weight is 384 g/mol. The monoisotopic (exact) mass is 384 g/mol. The number of fused-ring (bicyclic) bond motifs is 1. The van der Waals surface area contributed by atoms with Crippen molar-refractivity contribution < 1.29 is 23.5 Å². The Morgan fingerprint density at radius 1 is 1.04 bits per heavy atom. The van der Waals surface area contributed by atoms with Gasteiger partial charge in [0.15, 0.2) is 0 Å². The molecule has 1 N–H and O–H groups in total. The molecule has 146 valence electrons. The fraction of sp³-hybridized carbons (Fsp3) is 0.286. The van der Waals surface area contributed by atoms with Crippen molar-refractivity contribution in [3.8, 4) is 5.75 Å². The Kier molecular flexibility index (Phi) is 6.03. The van der Waals surface area contributed by atoms with Gasteiger partial charge < -0.3 is 10.1 Å². The van der Waals surface area contributed by atoms with Crippen molar-refractivity contribution in [1.82, 2.24) is 10.2 Å². The topological polar surface area (TPSA) is 75.7 Å². The summed E-state index contributed by atoms with van der Waals surface area (Å²) >= 11 is 0. The Bertz CT molecular complexity index is 896. The van der Waals surface area contributed by atoms with E-state index in [0.29, 0.717) is 42.9 Å². The second kappa shape index (κ2) is 8.65. The molecular formula is C21H21FN2O4. The van der Waals surface area contributed by atoms with Crippen molar-refractivity contribution in [2.75, 3.05) is 19.7 Å². The molecule has 0 radical (unpaired) electrons. The van der Waals surface area contributed by atoms with E-state index in [1.165, 1.54) is 12.1 Å². The van der Waals surface area contributed by atoms with Crippen LogP contribution in [0.3, 0.4) is 0 Å². The predicted molar refractivity (Wildman–Crippen MR) is 101 cm³/mol. The molecule has 0 bridgehead atoms. The van der Waals surface area contributed by atoms with Gasteiger partial charge in [0, 0.05) is 6.54 Å². The van der Waals surface area contributed by atoms with Gasteiger partial charge in [-0.1, -0.05) is 11.6 Å². The number of ether oxygens (including phenoxy) is 1. The van der Waals surface area contributed by atoms with Crippen molar-refractivity contribution in [3.63, 3.8) is 0 Å². The van der Waals surface area contributed by atoms with Crippen LogP contribution in [-0.4, -0.2) is 42.3 Å². The van der Waals surface area contributed by atoms with E-state index >= 15 is 0 Å². The molecule has 2 aromatic carbocycles. The zero-order chi connectivity index (χ0) is 20.1. The summed E-state index contributed by atoms with van der Waals surface area (Å²) in [5.41, 5.74) is 1.56. The Balaban J connectivity index is 1.37. The Morgan fingerprint density at radius 3 is 2.50 bits per heavy atom. The van der Waals surface area contributed by atoms with Gasteiger partial charge in [0.2, 0.25) is 5.91 Å². The van der Waals surface area contributed by atoms with E-state index in [1.54, 1.807) is 30.3 Å². The molecule has 0 fully saturated rings. The standard InChI is InChI=1S/C21H21FN2O4/c1-14-4-9-17-18(12-14)21(27)24(20(17)26)13-19(25)23-10-2-3-11-28-16-7-5-15(22)6-8-16/h4-9,12H,2-3,10-11,13H2,1H3,(H,23,25). The molecule has 28 heavy (non-hydrogen) atoms. The molecule has 0 atom stereocenters. The molecule has 6 nitrogen and oxygen atoms in total. The number of hydrogen-bond acceptors (Lipinski definition) is 4. The number of unbranched alkanes of at least 4 members (excludes halogenated alkanes) is 1. The van der Waals surface area contributed by atoms with Crippen LogP contribution >= 0.6 is 0 Å². The van der Waals surface area contributed by atoms with Crippen LogP contribution in [0, 0.1) is 12.7 Å². The summed E-state index contributed by atoms with van der Waals surface area (Å²) < 4.78 is 18.3. The van der Waals surface area contributed by atoms with Gasteiger partial charge in [0.25, 0.3) is 11.8 Å². The molecule has 0 unspecified atom stereocenters. The largest absolute Gasteiger partial charge is 0.494 e. The van der Waals surface area contributed by atoms with Crippen LogP contribution in [-0.2, 0) is 4.79 Å². The second-order valence-electron chi connectivity index (χ2n) is 6.60. The maximum atomic E-state index is 12.8. The third-order valence-corrected chi connectivity index (χ3v) is 4.40. The van der Waals surface area contributed by atoms with Gasteiger partial charge in [-0.2, -0.15) is 0 Å². The van der Waals surface area contributed by atoms with Crippen molar-refractivity contribution in [1.29, 1.82) is 0 Å². The first kappa shape index (κ1) is 19.5. The average Bonchev–Trinajstić information content (AvgIpc) is 2.90. The highest BCUT2D eigenvalue weighted by Gasteiger charge is 2.36. The van der Waals surface area contributed by atoms with Gasteiger partial charge in [-0.15, -0.1) is 0 Å². The SMILES string of the molecule is Cc1ccc2c(c1)C(=O)N(CC(=O)NCCCCOc1ccc(F)cc1)C2=O. The van der Waals surface area contributed by atoms with E-state index < -0.39 is 11.8 Å². The highest BCUT2D eigenvalue weighted by molar-refractivity contribution is 6.22. The van der Waals surface area contributed by atoms with E-state index in [9.17, 15) is 18.8 Å². The molecule has 7 heteroatoms. The summed E-state index contributed by atoms with van der Waals surface area (Å²) in [5.74, 6) is -0.991. The Morgan fingerprint density at radius 2 is 1.75 bits per heavy atom. The number of amides is 3. The molecule has 0 aliphatic carbocycles. The minimum Gasteiger partial charge on any atom is -0.494 e. The van der Waals surface area contributed by atoms with Gasteiger partial charge in [0.05, 0.1) is 17.7 Å². The first-order chi connectivity index (χ1) is 13.5. The number of carbonyl (C=O) groups excluding carboxylic acids is 3. The van der Waals surface area contributed by atoms with Gasteiger partial charge in [0.1, 0.15) is 18.1 Å². The molecule has 1 aliphatic rings. The number of rotatable bonds is 8. The molecule has 0 aromatic heterocycles. The third-order valence-electron chi connectivity index (χ3n) is 4.40. The number of benzene rings is 2. The lowest BCUT2D eigenvalue weighted by atomic mass is 10.1. The van der Waals surface area contributed by atoms with E-state index in [-0.39, 0.29) is 18.3 Å². The van der Waals surface area contributed by atoms with Crippen molar-refractivity contribution >= 4 is 17.7 Å². The first-order valence-corrected chi connectivity index (χ1v) is 9.07. The van der Waals surface area contributed by atoms with E-state index in [0.717, 1.165) is 10.5 Å². The summed E-state index contributed by atoms with van der Waals surface area (Å²) in [5, 5.41) is 2.70. The summed E-state index contributed by atoms with van der Waals surface area (Å²) in [7, 11) is 0. The van der Waals surface area contributed by atoms with E-state index in [2.05, 4.69) is 5.32 Å². The number of nitrogens with zero attached hydrogens (tertiary/aromatic N) is 1. The quantitative estimate of drug-likeness (QED) is 0.561. The lowest BCUT2D eigenvalue weighted by Gasteiger charge is -2.13. The maximum Gasteiger partial charge on any atom is 0.262 e. The number of hydrogen-bond donors (Lipinski definition) is 1. The normalized spacial score (nSPS) is 12.9. The molecular weight excluding hydrogens is 363 g/mol. The second-order valence-corrected chi connectivity index (χ2v) is 6.60. The predicted octanol–water partition coefficient (Wildman–Crippen LogP) is 2.71. The van der Waals surface area contributed by atoms with Crippen LogP contribution in [0.15, 0.2) is 42.5 Å². The molecule has 1 aliphatic heterocycles. The highest BCUT2D eigenvalue weighted by atomic mass is 19.1. The number of nitrogens with one attached hydrogen (secondary N) is 1. The smallest absolute Gasteiger partial charge is 0.262 e. The number of aryl methyl sites for hydroxylation is 1. The summed E-state index contributed by atoms with van der Waals surface area (Å²) in [6.45, 7) is 2.40. The van der Waals surface area contributed by atoms with Crippen molar-refractivity contribution in [3.05, 3.63) is 65.0 Å². The zero-order valence-corrected chi connectivity index (χ0v) is 15.5. The van der Waals surface area contributed by atoms with Crippen LogP contribution in [0.1, 0.15) is 39.1 Å². The fourth-order valence-electron chi connectivity index (χ4n) is 2.92. The summed E-state index contributed by atoms with van der Waals surface area (Å²) in [6.07, 6.45) is 1.37. The molecule has 3 amide bonds. The van der Waals surface area contributed by atoms with Crippen LogP contribution in [0.2, 0.25) is 0 Å². The van der Waals surface area contributed by atoms with Gasteiger partial charge in [-0.25, -0.2) is 4.39 Å². The van der Waals surface area contributed by atoms with Crippen LogP contribution in [0.5, 0.6) is 5.75 Å².